The van der Waals surface area contributed by atoms with Gasteiger partial charge in [0, 0.05) is 13.1 Å². The number of aliphatic carboxylic acids is 1. The van der Waals surface area contributed by atoms with Crippen LogP contribution in [0.3, 0.4) is 0 Å². The van der Waals surface area contributed by atoms with E-state index < -0.39 is 18.2 Å². The lowest BCUT2D eigenvalue weighted by Gasteiger charge is -2.26. The molecule has 2 atom stereocenters. The van der Waals surface area contributed by atoms with E-state index >= 15 is 0 Å². The number of hydrogen-bond donors (Lipinski definition) is 3. The largest absolute Gasteiger partial charge is 0.480 e. The Hall–Kier alpha value is -0.585. The van der Waals surface area contributed by atoms with Crippen LogP contribution < -0.4 is 5.23 Å². The van der Waals surface area contributed by atoms with Crippen molar-refractivity contribution in [1.82, 2.24) is 10.1 Å². The Morgan fingerprint density at radius 1 is 1.77 bits per heavy atom. The van der Waals surface area contributed by atoms with Crippen LogP contribution in [0.5, 0.6) is 0 Å². The summed E-state index contributed by atoms with van der Waals surface area (Å²) in [5, 5.41) is 20.6. The smallest absolute Gasteiger partial charge is 0.320 e. The number of carboxylic acids is 1. The van der Waals surface area contributed by atoms with E-state index in [4.69, 9.17) is 13.1 Å². The van der Waals surface area contributed by atoms with Crippen molar-refractivity contribution in [2.24, 2.45) is 0 Å². The van der Waals surface area contributed by atoms with Gasteiger partial charge < -0.3 is 15.4 Å². The Bertz CT molecular complexity index is 191. The van der Waals surface area contributed by atoms with Crippen molar-refractivity contribution in [3.05, 3.63) is 0 Å². The summed E-state index contributed by atoms with van der Waals surface area (Å²) in [6.45, 7) is 0.795. The average molecular weight is 184 g/mol. The highest BCUT2D eigenvalue weighted by Crippen LogP contribution is 2.18. The highest BCUT2D eigenvalue weighted by molar-refractivity contribution is 6.04. The van der Waals surface area contributed by atoms with Crippen LogP contribution in [0, 0.1) is 0 Å². The maximum Gasteiger partial charge on any atom is 0.320 e. The molecule has 1 aliphatic heterocycles. The molecule has 0 bridgehead atoms. The fourth-order valence-corrected chi connectivity index (χ4v) is 1.63. The molecule has 1 heterocycles. The summed E-state index contributed by atoms with van der Waals surface area (Å²) in [5.41, 5.74) is 0. The van der Waals surface area contributed by atoms with Crippen LogP contribution in [-0.4, -0.2) is 54.4 Å². The minimum absolute atomic E-state index is 0.184. The van der Waals surface area contributed by atoms with Gasteiger partial charge in [0.15, 0.2) is 7.98 Å². The van der Waals surface area contributed by atoms with Gasteiger partial charge in [0.1, 0.15) is 12.3 Å². The van der Waals surface area contributed by atoms with Crippen LogP contribution in [0.25, 0.3) is 0 Å². The number of aliphatic hydroxyl groups excluding tert-OH is 1. The quantitative estimate of drug-likeness (QED) is 0.465. The Morgan fingerprint density at radius 2 is 2.46 bits per heavy atom. The monoisotopic (exact) mass is 184 g/mol. The van der Waals surface area contributed by atoms with Crippen molar-refractivity contribution in [3.8, 4) is 0 Å². The number of carbonyl (C=O) groups is 1. The van der Waals surface area contributed by atoms with Crippen LogP contribution in [0.4, 0.5) is 0 Å². The molecule has 0 amide bonds. The lowest BCUT2D eigenvalue weighted by atomic mass is 10.2. The van der Waals surface area contributed by atoms with Crippen LogP contribution in [-0.2, 0) is 4.79 Å². The Labute approximate surface area is 78.2 Å². The molecule has 1 rings (SSSR count). The molecule has 1 fully saturated rings. The molecule has 5 nitrogen and oxygen atoms in total. The summed E-state index contributed by atoms with van der Waals surface area (Å²) in [4.78, 5) is 12.3. The van der Waals surface area contributed by atoms with Crippen LogP contribution in [0.1, 0.15) is 12.8 Å². The number of nitrogens with one attached hydrogen (secondary N) is 1. The molecule has 1 saturated heterocycles. The highest BCUT2D eigenvalue weighted by Gasteiger charge is 2.33. The summed E-state index contributed by atoms with van der Waals surface area (Å²) in [7, 11) is 5.03. The second-order valence-electron chi connectivity index (χ2n) is 3.12. The van der Waals surface area contributed by atoms with Crippen molar-refractivity contribution in [3.63, 3.8) is 0 Å². The van der Waals surface area contributed by atoms with Gasteiger partial charge in [-0.25, -0.2) is 0 Å². The summed E-state index contributed by atoms with van der Waals surface area (Å²) >= 11 is 0. The van der Waals surface area contributed by atoms with Gasteiger partial charge in [0.05, 0.1) is 0 Å². The Kier molecular flexibility index (Phi) is 3.71. The summed E-state index contributed by atoms with van der Waals surface area (Å²) < 4.78 is 0. The normalized spacial score (nSPS) is 26.1. The number of nitrogens with zero attached hydrogens (tertiary/aromatic N) is 1. The van der Waals surface area contributed by atoms with Crippen molar-refractivity contribution >= 4 is 14.0 Å². The molecule has 1 aliphatic rings. The lowest BCUT2D eigenvalue weighted by Crippen LogP contribution is -2.47. The maximum atomic E-state index is 10.7. The summed E-state index contributed by atoms with van der Waals surface area (Å²) in [5.74, 6) is -0.881. The van der Waals surface area contributed by atoms with Gasteiger partial charge in [-0.15, -0.1) is 0 Å². The van der Waals surface area contributed by atoms with E-state index in [1.54, 1.807) is 4.90 Å². The van der Waals surface area contributed by atoms with Gasteiger partial charge in [-0.05, 0) is 12.8 Å². The SMILES string of the molecule is [B]NCC(O)N1CCC[C@H]1C(=O)O. The van der Waals surface area contributed by atoms with Crippen molar-refractivity contribution in [1.29, 1.82) is 0 Å². The van der Waals surface area contributed by atoms with Crippen LogP contribution >= 0.6 is 0 Å². The predicted octanol–water partition coefficient (Wildman–Crippen LogP) is -1.47. The number of likely N-dealkylation sites (tertiary alicyclic amines) is 1. The second-order valence-corrected chi connectivity index (χ2v) is 3.12. The van der Waals surface area contributed by atoms with E-state index in [2.05, 4.69) is 5.23 Å². The van der Waals surface area contributed by atoms with Gasteiger partial charge in [-0.2, -0.15) is 0 Å². The Morgan fingerprint density at radius 3 is 3.00 bits per heavy atom. The van der Waals surface area contributed by atoms with Gasteiger partial charge in [0.2, 0.25) is 0 Å². The van der Waals surface area contributed by atoms with Gasteiger partial charge in [0.25, 0.3) is 0 Å². The van der Waals surface area contributed by atoms with Gasteiger partial charge in [-0.1, -0.05) is 0 Å². The first-order chi connectivity index (χ1) is 6.16. The summed E-state index contributed by atoms with van der Waals surface area (Å²) in [6.07, 6.45) is 0.587. The molecule has 0 aromatic rings. The molecular weight excluding hydrogens is 171 g/mol. The first kappa shape index (κ1) is 10.5. The Balaban J connectivity index is 2.52. The van der Waals surface area contributed by atoms with Crippen LogP contribution in [0.15, 0.2) is 0 Å². The molecule has 1 unspecified atom stereocenters. The topological polar surface area (TPSA) is 72.8 Å². The molecule has 0 aliphatic carbocycles. The number of aliphatic hydroxyl groups is 1. The molecule has 0 saturated carbocycles. The average Bonchev–Trinajstić information content (AvgIpc) is 2.52. The van der Waals surface area contributed by atoms with E-state index in [0.717, 1.165) is 6.42 Å². The second kappa shape index (κ2) is 4.60. The van der Waals surface area contributed by atoms with E-state index in [-0.39, 0.29) is 6.54 Å². The third-order valence-corrected chi connectivity index (χ3v) is 2.26. The molecule has 0 aromatic heterocycles. The number of carboxylic acid groups (broad SMARTS) is 1. The first-order valence-electron chi connectivity index (χ1n) is 4.27. The van der Waals surface area contributed by atoms with Crippen molar-refractivity contribution in [2.45, 2.75) is 25.1 Å². The third-order valence-electron chi connectivity index (χ3n) is 2.26. The molecule has 72 valence electrons. The van der Waals surface area contributed by atoms with Gasteiger partial charge >= 0.3 is 5.97 Å². The predicted molar refractivity (Wildman–Crippen MR) is 47.1 cm³/mol. The third kappa shape index (κ3) is 2.43. The molecule has 0 spiro atoms. The molecule has 0 aromatic carbocycles. The van der Waals surface area contributed by atoms with Gasteiger partial charge in [-0.3, -0.25) is 9.69 Å². The molecule has 3 N–H and O–H groups in total. The zero-order chi connectivity index (χ0) is 9.84. The van der Waals surface area contributed by atoms with Crippen LogP contribution in [0.2, 0.25) is 0 Å². The molecule has 2 radical (unpaired) electrons. The zero-order valence-corrected chi connectivity index (χ0v) is 7.31. The number of hydrogen-bond acceptors (Lipinski definition) is 4. The summed E-state index contributed by atoms with van der Waals surface area (Å²) in [6, 6.07) is -0.566. The lowest BCUT2D eigenvalue weighted by molar-refractivity contribution is -0.146. The van der Waals surface area contributed by atoms with E-state index in [1.165, 1.54) is 0 Å². The fourth-order valence-electron chi connectivity index (χ4n) is 1.63. The fraction of sp³-hybridized carbons (Fsp3) is 0.857. The standard InChI is InChI=1S/C7H13BN2O3/c8-9-4-6(11)10-3-1-2-5(10)7(12)13/h5-6,9,11H,1-4H2,(H,12,13)/t5-,6?/m0/s1. The molecule has 13 heavy (non-hydrogen) atoms. The van der Waals surface area contributed by atoms with Crippen molar-refractivity contribution < 1.29 is 15.0 Å². The minimum atomic E-state index is -0.881. The van der Waals surface area contributed by atoms with E-state index in [0.29, 0.717) is 13.0 Å². The first-order valence-corrected chi connectivity index (χ1v) is 4.27. The highest BCUT2D eigenvalue weighted by atomic mass is 16.4. The van der Waals surface area contributed by atoms with Crippen molar-refractivity contribution in [2.75, 3.05) is 13.1 Å². The molecule has 6 heteroatoms. The maximum absolute atomic E-state index is 10.7. The molecular formula is C7H13BN2O3. The zero-order valence-electron chi connectivity index (χ0n) is 7.31. The van der Waals surface area contributed by atoms with E-state index in [1.807, 2.05) is 0 Å². The number of rotatable bonds is 4. The van der Waals surface area contributed by atoms with E-state index in [9.17, 15) is 9.90 Å². The minimum Gasteiger partial charge on any atom is -0.480 e.